The summed E-state index contributed by atoms with van der Waals surface area (Å²) in [6, 6.07) is 30.5. The third kappa shape index (κ3) is 7.09. The van der Waals surface area contributed by atoms with Gasteiger partial charge in [-0.2, -0.15) is 10.2 Å². The summed E-state index contributed by atoms with van der Waals surface area (Å²) in [5, 5.41) is 14.3. The van der Waals surface area contributed by atoms with E-state index < -0.39 is 0 Å². The lowest BCUT2D eigenvalue weighted by Crippen LogP contribution is -1.86. The van der Waals surface area contributed by atoms with Crippen molar-refractivity contribution in [2.45, 2.75) is 13.8 Å². The number of pyridine rings is 6. The van der Waals surface area contributed by atoms with Crippen LogP contribution in [0.1, 0.15) is 25.0 Å². The van der Waals surface area contributed by atoms with Crippen LogP contribution in [0.2, 0.25) is 0 Å². The Morgan fingerprint density at radius 1 is 0.529 bits per heavy atom. The van der Waals surface area contributed by atoms with Crippen molar-refractivity contribution in [2.24, 2.45) is 10.2 Å². The molecule has 0 bridgehead atoms. The van der Waals surface area contributed by atoms with Gasteiger partial charge in [-0.25, -0.2) is 0 Å². The highest BCUT2D eigenvalue weighted by molar-refractivity contribution is 6.04. The van der Waals surface area contributed by atoms with Crippen molar-refractivity contribution in [1.29, 1.82) is 0 Å². The fourth-order valence-corrected chi connectivity index (χ4v) is 5.88. The van der Waals surface area contributed by atoms with Crippen molar-refractivity contribution in [3.63, 3.8) is 0 Å². The molecule has 6 heterocycles. The zero-order valence-corrected chi connectivity index (χ0v) is 28.4. The number of hydrogen-bond donors (Lipinski definition) is 0. The Morgan fingerprint density at radius 2 is 1.00 bits per heavy atom. The van der Waals surface area contributed by atoms with E-state index in [2.05, 4.69) is 94.4 Å². The molecule has 51 heavy (non-hydrogen) atoms. The Labute approximate surface area is 294 Å². The fraction of sp³-hybridized carbons (Fsp3) is 0.0698. The third-order valence-electron chi connectivity index (χ3n) is 8.12. The van der Waals surface area contributed by atoms with Gasteiger partial charge in [-0.05, 0) is 55.8 Å². The zero-order chi connectivity index (χ0) is 35.0. The number of rotatable bonds is 2. The minimum Gasteiger partial charge on any atom is -0.254 e. The molecule has 0 unspecified atom stereocenters. The first-order valence-corrected chi connectivity index (χ1v) is 16.4. The average molecular weight is 661 g/mol. The number of hydrogen-bond acceptors (Lipinski definition) is 8. The van der Waals surface area contributed by atoms with Gasteiger partial charge in [0.25, 0.3) is 0 Å². The van der Waals surface area contributed by atoms with E-state index in [0.717, 1.165) is 82.2 Å². The van der Waals surface area contributed by atoms with Crippen molar-refractivity contribution < 1.29 is 0 Å². The van der Waals surface area contributed by atoms with E-state index in [0.29, 0.717) is 0 Å². The number of aromatic nitrogens is 6. The lowest BCUT2D eigenvalue weighted by Gasteiger charge is -2.02. The van der Waals surface area contributed by atoms with Crippen LogP contribution >= 0.6 is 0 Å². The first kappa shape index (κ1) is 32.6. The Hall–Kier alpha value is -6.98. The molecular formula is C43H32N8. The van der Waals surface area contributed by atoms with Crippen LogP contribution in [-0.2, 0) is 0 Å². The van der Waals surface area contributed by atoms with Crippen LogP contribution in [0.25, 0.3) is 71.5 Å². The second-order valence-electron chi connectivity index (χ2n) is 11.5. The number of azo groups is 1. The molecule has 9 aromatic rings. The van der Waals surface area contributed by atoms with Gasteiger partial charge in [0.05, 0.1) is 39.3 Å². The highest BCUT2D eigenvalue weighted by atomic mass is 15.1. The van der Waals surface area contributed by atoms with Gasteiger partial charge in [0.2, 0.25) is 0 Å². The Bertz CT molecular complexity index is 2690. The summed E-state index contributed by atoms with van der Waals surface area (Å²) in [6.45, 7) is 3.83. The molecule has 8 nitrogen and oxygen atoms in total. The van der Waals surface area contributed by atoms with E-state index in [4.69, 9.17) is 0 Å². The lowest BCUT2D eigenvalue weighted by atomic mass is 10.1. The van der Waals surface area contributed by atoms with Gasteiger partial charge in [0, 0.05) is 75.9 Å². The third-order valence-corrected chi connectivity index (χ3v) is 8.12. The Balaban J connectivity index is 0.000000119. The predicted molar refractivity (Wildman–Crippen MR) is 209 cm³/mol. The Morgan fingerprint density at radius 3 is 1.53 bits per heavy atom. The molecule has 8 heteroatoms. The molecule has 6 aromatic heterocycles. The lowest BCUT2D eigenvalue weighted by molar-refractivity contribution is 1.16. The van der Waals surface area contributed by atoms with E-state index in [1.54, 1.807) is 31.8 Å². The summed E-state index contributed by atoms with van der Waals surface area (Å²) in [4.78, 5) is 26.5. The number of fused-ring (bicyclic) bond motifs is 9. The highest BCUT2D eigenvalue weighted by Gasteiger charge is 2.05. The van der Waals surface area contributed by atoms with Crippen molar-refractivity contribution >= 4 is 77.2 Å². The number of nitrogens with zero attached hydrogens (tertiary/aromatic N) is 8. The summed E-state index contributed by atoms with van der Waals surface area (Å²) in [7, 11) is 1.64. The molecule has 244 valence electrons. The molecule has 0 aliphatic heterocycles. The standard InChI is InChI=1S/C15H12N2.C15H10N2.C13H10N4/c2*1-2-4-11-9-13-7-6-12-5-3-8-16-14(12)15(13)17-10-11;1-14-17-11-7-10-5-4-9-3-2-6-15-12(9)13(10)16-8-11/h2-10H,1H3;3,5-10H,1H3;2-8H,1H3. The molecule has 0 spiro atoms. The normalized spacial score (nSPS) is 11.1. The van der Waals surface area contributed by atoms with Crippen LogP contribution in [0.4, 0.5) is 5.69 Å². The van der Waals surface area contributed by atoms with Gasteiger partial charge < -0.3 is 0 Å². The van der Waals surface area contributed by atoms with Crippen molar-refractivity contribution in [3.05, 3.63) is 145 Å². The molecule has 0 N–H and O–H groups in total. The predicted octanol–water partition coefficient (Wildman–Crippen LogP) is 10.5. The van der Waals surface area contributed by atoms with Crippen LogP contribution in [0.5, 0.6) is 0 Å². The van der Waals surface area contributed by atoms with Gasteiger partial charge in [0.15, 0.2) is 0 Å². The minimum absolute atomic E-state index is 0.760. The monoisotopic (exact) mass is 660 g/mol. The minimum atomic E-state index is 0.760. The largest absolute Gasteiger partial charge is 0.254 e. The molecule has 0 saturated heterocycles. The first-order valence-electron chi connectivity index (χ1n) is 16.4. The van der Waals surface area contributed by atoms with Crippen molar-refractivity contribution in [2.75, 3.05) is 7.05 Å². The topological polar surface area (TPSA) is 102 Å². The van der Waals surface area contributed by atoms with Crippen molar-refractivity contribution in [3.8, 4) is 11.8 Å². The van der Waals surface area contributed by atoms with Crippen molar-refractivity contribution in [1.82, 2.24) is 29.9 Å². The van der Waals surface area contributed by atoms with E-state index >= 15 is 0 Å². The average Bonchev–Trinajstić information content (AvgIpc) is 3.18. The summed E-state index contributed by atoms with van der Waals surface area (Å²) in [5.74, 6) is 5.90. The van der Waals surface area contributed by atoms with Crippen LogP contribution in [0.15, 0.2) is 144 Å². The summed E-state index contributed by atoms with van der Waals surface area (Å²) in [5.41, 5.74) is 8.46. The number of allylic oxidation sites excluding steroid dienone is 1. The second kappa shape index (κ2) is 15.1. The molecule has 0 aliphatic carbocycles. The van der Waals surface area contributed by atoms with Gasteiger partial charge in [0.1, 0.15) is 5.69 Å². The Kier molecular flexibility index (Phi) is 9.62. The van der Waals surface area contributed by atoms with E-state index in [-0.39, 0.29) is 0 Å². The summed E-state index contributed by atoms with van der Waals surface area (Å²) >= 11 is 0. The molecule has 0 amide bonds. The molecule has 0 radical (unpaired) electrons. The van der Waals surface area contributed by atoms with Crippen LogP contribution in [0, 0.1) is 11.8 Å². The number of benzene rings is 3. The second-order valence-corrected chi connectivity index (χ2v) is 11.5. The quantitative estimate of drug-likeness (QED) is 0.104. The molecular weight excluding hydrogens is 629 g/mol. The SMILES string of the molecule is CC#Cc1cnc2c(ccc3cccnc32)c1.CC=Cc1cnc2c(ccc3cccnc32)c1.CN=Nc1cnc2c(ccc3cccnc32)c1. The van der Waals surface area contributed by atoms with E-state index in [9.17, 15) is 0 Å². The zero-order valence-electron chi connectivity index (χ0n) is 28.4. The van der Waals surface area contributed by atoms with Gasteiger partial charge in [-0.3, -0.25) is 29.9 Å². The summed E-state index contributed by atoms with van der Waals surface area (Å²) < 4.78 is 0. The highest BCUT2D eigenvalue weighted by Crippen LogP contribution is 2.26. The van der Waals surface area contributed by atoms with Gasteiger partial charge in [-0.1, -0.05) is 72.7 Å². The molecule has 0 atom stereocenters. The maximum Gasteiger partial charge on any atom is 0.104 e. The van der Waals surface area contributed by atoms with E-state index in [1.807, 2.05) is 86.9 Å². The van der Waals surface area contributed by atoms with Crippen LogP contribution in [0.3, 0.4) is 0 Å². The molecule has 0 aliphatic rings. The molecule has 3 aromatic carbocycles. The molecule has 9 rings (SSSR count). The smallest absolute Gasteiger partial charge is 0.104 e. The summed E-state index contributed by atoms with van der Waals surface area (Å²) in [6.07, 6.45) is 14.8. The van der Waals surface area contributed by atoms with Crippen LogP contribution in [-0.4, -0.2) is 37.0 Å². The van der Waals surface area contributed by atoms with Gasteiger partial charge in [-0.15, -0.1) is 5.92 Å². The molecule has 0 fully saturated rings. The maximum atomic E-state index is 4.51. The fourth-order valence-electron chi connectivity index (χ4n) is 5.88. The van der Waals surface area contributed by atoms with Crippen LogP contribution < -0.4 is 0 Å². The molecule has 0 saturated carbocycles. The first-order chi connectivity index (χ1) is 25.1. The van der Waals surface area contributed by atoms with E-state index in [1.165, 1.54) is 0 Å². The van der Waals surface area contributed by atoms with Gasteiger partial charge >= 0.3 is 0 Å². The maximum absolute atomic E-state index is 4.51.